The Hall–Kier alpha value is -1.09. The molecule has 20 heavy (non-hydrogen) atoms. The lowest BCUT2D eigenvalue weighted by atomic mass is 9.69. The fraction of sp³-hybridized carbons (Fsp3) is 0.647. The summed E-state index contributed by atoms with van der Waals surface area (Å²) in [4.78, 5) is 2.25. The molecule has 2 unspecified atom stereocenters. The molecule has 1 fully saturated rings. The molecular weight excluding hydrogens is 251 g/mol. The van der Waals surface area contributed by atoms with Crippen molar-refractivity contribution in [2.75, 3.05) is 25.5 Å². The number of hydrogen-bond donors (Lipinski definition) is 1. The molecule has 2 rings (SSSR count). The molecule has 0 bridgehead atoms. The fourth-order valence-electron chi connectivity index (χ4n) is 3.46. The maximum Gasteiger partial charge on any atom is 0.123 e. The van der Waals surface area contributed by atoms with Crippen LogP contribution in [0.3, 0.4) is 0 Å². The van der Waals surface area contributed by atoms with E-state index in [0.29, 0.717) is 17.4 Å². The van der Waals surface area contributed by atoms with E-state index < -0.39 is 0 Å². The number of nitrogens with one attached hydrogen (secondary N) is 1. The van der Waals surface area contributed by atoms with Gasteiger partial charge in [0.15, 0.2) is 0 Å². The van der Waals surface area contributed by atoms with Crippen LogP contribution in [0.25, 0.3) is 0 Å². The quantitative estimate of drug-likeness (QED) is 0.904. The van der Waals surface area contributed by atoms with Gasteiger partial charge in [0, 0.05) is 25.3 Å². The molecule has 3 heteroatoms. The van der Waals surface area contributed by atoms with Gasteiger partial charge in [0.1, 0.15) is 5.82 Å². The van der Waals surface area contributed by atoms with Gasteiger partial charge in [-0.3, -0.25) is 0 Å². The number of benzene rings is 1. The van der Waals surface area contributed by atoms with Crippen LogP contribution in [-0.4, -0.2) is 26.7 Å². The summed E-state index contributed by atoms with van der Waals surface area (Å²) < 4.78 is 13.0. The molecule has 0 amide bonds. The Kier molecular flexibility index (Phi) is 4.69. The molecular formula is C17H27FN2. The normalized spacial score (nSPS) is 25.4. The summed E-state index contributed by atoms with van der Waals surface area (Å²) in [5.41, 5.74) is 1.52. The van der Waals surface area contributed by atoms with E-state index in [0.717, 1.165) is 12.2 Å². The van der Waals surface area contributed by atoms with Gasteiger partial charge in [-0.2, -0.15) is 0 Å². The summed E-state index contributed by atoms with van der Waals surface area (Å²) in [6, 6.07) is 7.37. The SMILES string of the molecule is CNC1CCC(C)(C)CC1CN(C)c1ccc(F)cc1. The minimum atomic E-state index is -0.172. The minimum absolute atomic E-state index is 0.172. The van der Waals surface area contributed by atoms with Gasteiger partial charge in [0.05, 0.1) is 0 Å². The van der Waals surface area contributed by atoms with Gasteiger partial charge in [-0.15, -0.1) is 0 Å². The Morgan fingerprint density at radius 2 is 1.95 bits per heavy atom. The van der Waals surface area contributed by atoms with Crippen LogP contribution in [-0.2, 0) is 0 Å². The van der Waals surface area contributed by atoms with Crippen LogP contribution >= 0.6 is 0 Å². The fourth-order valence-corrected chi connectivity index (χ4v) is 3.46. The number of rotatable bonds is 4. The van der Waals surface area contributed by atoms with E-state index in [2.05, 4.69) is 38.2 Å². The van der Waals surface area contributed by atoms with Gasteiger partial charge in [0.25, 0.3) is 0 Å². The lowest BCUT2D eigenvalue weighted by Crippen LogP contribution is -2.45. The van der Waals surface area contributed by atoms with Gasteiger partial charge >= 0.3 is 0 Å². The smallest absolute Gasteiger partial charge is 0.123 e. The zero-order valence-electron chi connectivity index (χ0n) is 13.1. The number of halogens is 1. The highest BCUT2D eigenvalue weighted by atomic mass is 19.1. The average Bonchev–Trinajstić information content (AvgIpc) is 2.38. The molecule has 2 atom stereocenters. The van der Waals surface area contributed by atoms with E-state index >= 15 is 0 Å². The molecule has 0 aliphatic heterocycles. The van der Waals surface area contributed by atoms with E-state index in [-0.39, 0.29) is 5.82 Å². The summed E-state index contributed by atoms with van der Waals surface area (Å²) in [6.07, 6.45) is 3.77. The Balaban J connectivity index is 2.04. The molecule has 0 heterocycles. The van der Waals surface area contributed by atoms with Crippen molar-refractivity contribution in [2.45, 2.75) is 39.2 Å². The molecule has 2 nitrogen and oxygen atoms in total. The molecule has 0 saturated heterocycles. The second-order valence-electron chi connectivity index (χ2n) is 6.92. The zero-order valence-corrected chi connectivity index (χ0v) is 13.1. The third kappa shape index (κ3) is 3.72. The Labute approximate surface area is 122 Å². The van der Waals surface area contributed by atoms with Crippen molar-refractivity contribution < 1.29 is 4.39 Å². The van der Waals surface area contributed by atoms with Crippen molar-refractivity contribution in [3.63, 3.8) is 0 Å². The molecule has 1 aliphatic carbocycles. The molecule has 0 radical (unpaired) electrons. The van der Waals surface area contributed by atoms with Gasteiger partial charge in [-0.05, 0) is 61.9 Å². The summed E-state index contributed by atoms with van der Waals surface area (Å²) in [5.74, 6) is 0.466. The van der Waals surface area contributed by atoms with E-state index in [1.807, 2.05) is 12.1 Å². The van der Waals surface area contributed by atoms with E-state index in [1.54, 1.807) is 0 Å². The van der Waals surface area contributed by atoms with Gasteiger partial charge < -0.3 is 10.2 Å². The van der Waals surface area contributed by atoms with Crippen LogP contribution in [0.2, 0.25) is 0 Å². The summed E-state index contributed by atoms with van der Waals surface area (Å²) in [7, 11) is 4.16. The van der Waals surface area contributed by atoms with Gasteiger partial charge in [0.2, 0.25) is 0 Å². The third-order valence-corrected chi connectivity index (χ3v) is 4.66. The molecule has 1 aromatic carbocycles. The topological polar surface area (TPSA) is 15.3 Å². The van der Waals surface area contributed by atoms with E-state index in [9.17, 15) is 4.39 Å². The number of anilines is 1. The van der Waals surface area contributed by atoms with Crippen LogP contribution < -0.4 is 10.2 Å². The molecule has 1 saturated carbocycles. The van der Waals surface area contributed by atoms with Crippen molar-refractivity contribution in [3.05, 3.63) is 30.1 Å². The first-order chi connectivity index (χ1) is 9.41. The second-order valence-corrected chi connectivity index (χ2v) is 6.92. The standard InChI is InChI=1S/C17H27FN2/c1-17(2)10-9-16(19-3)13(11-17)12-20(4)15-7-5-14(18)6-8-15/h5-8,13,16,19H,9-12H2,1-4H3. The maximum atomic E-state index is 13.0. The van der Waals surface area contributed by atoms with Crippen molar-refractivity contribution in [2.24, 2.45) is 11.3 Å². The van der Waals surface area contributed by atoms with Crippen LogP contribution in [0.1, 0.15) is 33.1 Å². The maximum absolute atomic E-state index is 13.0. The van der Waals surface area contributed by atoms with Gasteiger partial charge in [-0.1, -0.05) is 13.8 Å². The van der Waals surface area contributed by atoms with Crippen LogP contribution in [0.15, 0.2) is 24.3 Å². The highest BCUT2D eigenvalue weighted by Crippen LogP contribution is 2.39. The first-order valence-electron chi connectivity index (χ1n) is 7.55. The minimum Gasteiger partial charge on any atom is -0.374 e. The Morgan fingerprint density at radius 3 is 2.55 bits per heavy atom. The Bertz CT molecular complexity index is 427. The second kappa shape index (κ2) is 6.13. The van der Waals surface area contributed by atoms with Crippen LogP contribution in [0.4, 0.5) is 10.1 Å². The summed E-state index contributed by atoms with van der Waals surface area (Å²) in [6.45, 7) is 5.74. The first-order valence-corrected chi connectivity index (χ1v) is 7.55. The molecule has 1 aliphatic rings. The lowest BCUT2D eigenvalue weighted by Gasteiger charge is -2.42. The molecule has 1 aromatic rings. The van der Waals surface area contributed by atoms with E-state index in [1.165, 1.54) is 31.4 Å². The number of nitrogens with zero attached hydrogens (tertiary/aromatic N) is 1. The highest BCUT2D eigenvalue weighted by Gasteiger charge is 2.34. The molecule has 0 spiro atoms. The van der Waals surface area contributed by atoms with Crippen LogP contribution in [0.5, 0.6) is 0 Å². The molecule has 0 aromatic heterocycles. The summed E-state index contributed by atoms with van der Waals surface area (Å²) >= 11 is 0. The summed E-state index contributed by atoms with van der Waals surface area (Å²) in [5, 5.41) is 3.47. The van der Waals surface area contributed by atoms with Crippen molar-refractivity contribution in [1.82, 2.24) is 5.32 Å². The monoisotopic (exact) mass is 278 g/mol. The van der Waals surface area contributed by atoms with Crippen LogP contribution in [0, 0.1) is 17.2 Å². The zero-order chi connectivity index (χ0) is 14.8. The van der Waals surface area contributed by atoms with Crippen molar-refractivity contribution in [3.8, 4) is 0 Å². The Morgan fingerprint density at radius 1 is 1.30 bits per heavy atom. The highest BCUT2D eigenvalue weighted by molar-refractivity contribution is 5.45. The average molecular weight is 278 g/mol. The van der Waals surface area contributed by atoms with Gasteiger partial charge in [-0.25, -0.2) is 4.39 Å². The van der Waals surface area contributed by atoms with Crippen molar-refractivity contribution >= 4 is 5.69 Å². The number of hydrogen-bond acceptors (Lipinski definition) is 2. The van der Waals surface area contributed by atoms with E-state index in [4.69, 9.17) is 0 Å². The van der Waals surface area contributed by atoms with Crippen molar-refractivity contribution in [1.29, 1.82) is 0 Å². The first kappa shape index (κ1) is 15.3. The third-order valence-electron chi connectivity index (χ3n) is 4.66. The lowest BCUT2D eigenvalue weighted by molar-refractivity contribution is 0.146. The molecule has 112 valence electrons. The molecule has 1 N–H and O–H groups in total. The predicted molar refractivity (Wildman–Crippen MR) is 83.6 cm³/mol. The largest absolute Gasteiger partial charge is 0.374 e. The predicted octanol–water partition coefficient (Wildman–Crippen LogP) is 3.68.